The highest BCUT2D eigenvalue weighted by molar-refractivity contribution is 5.97. The predicted octanol–water partition coefficient (Wildman–Crippen LogP) is 2.97. The Bertz CT molecular complexity index is 523. The fraction of sp³-hybridized carbons (Fsp3) is 0.200. The first-order valence-corrected chi connectivity index (χ1v) is 4.59. The summed E-state index contributed by atoms with van der Waals surface area (Å²) in [6, 6.07) is 0.605. The summed E-state index contributed by atoms with van der Waals surface area (Å²) >= 11 is 0. The zero-order chi connectivity index (χ0) is 14.8. The summed E-state index contributed by atoms with van der Waals surface area (Å²) in [5.74, 6) is -4.60. The number of alkyl halides is 5. The van der Waals surface area contributed by atoms with Crippen LogP contribution in [0.2, 0.25) is 0 Å². The highest BCUT2D eigenvalue weighted by Gasteiger charge is 2.33. The third-order valence-corrected chi connectivity index (χ3v) is 1.87. The number of carbonyl (C=O) groups is 1. The van der Waals surface area contributed by atoms with Gasteiger partial charge >= 0.3 is 6.18 Å². The second-order valence-corrected chi connectivity index (χ2v) is 3.29. The lowest BCUT2D eigenvalue weighted by Crippen LogP contribution is -2.10. The summed E-state index contributed by atoms with van der Waals surface area (Å²) < 4.78 is 73.4. The van der Waals surface area contributed by atoms with Crippen molar-refractivity contribution in [2.24, 2.45) is 0 Å². The Morgan fingerprint density at radius 1 is 1.32 bits per heavy atom. The van der Waals surface area contributed by atoms with E-state index in [9.17, 15) is 36.2 Å². The molecule has 0 spiro atoms. The van der Waals surface area contributed by atoms with Crippen LogP contribution in [0.4, 0.5) is 26.3 Å². The van der Waals surface area contributed by atoms with Gasteiger partial charge in [-0.1, -0.05) is 0 Å². The van der Waals surface area contributed by atoms with Gasteiger partial charge in [-0.25, -0.2) is 13.8 Å². The molecule has 0 aliphatic carbocycles. The van der Waals surface area contributed by atoms with Crippen LogP contribution in [0.1, 0.15) is 11.3 Å². The number of allylic oxidation sites excluding steroid dienone is 1. The number of carbonyl (C=O) groups excluding carboxylic acids is 1. The molecule has 1 aromatic rings. The summed E-state index contributed by atoms with van der Waals surface area (Å²) in [7, 11) is 0. The van der Waals surface area contributed by atoms with E-state index in [-0.39, 0.29) is 12.1 Å². The highest BCUT2D eigenvalue weighted by atomic mass is 19.4. The van der Waals surface area contributed by atoms with Gasteiger partial charge in [0.25, 0.3) is 6.43 Å². The Morgan fingerprint density at radius 3 is 2.37 bits per heavy atom. The number of aromatic nitrogens is 1. The first-order chi connectivity index (χ1) is 8.61. The number of hydrogen-bond acceptors (Lipinski definition) is 3. The molecule has 19 heavy (non-hydrogen) atoms. The normalized spacial score (nSPS) is 12.9. The Kier molecular flexibility index (Phi) is 4.17. The van der Waals surface area contributed by atoms with E-state index in [1.165, 1.54) is 0 Å². The Hall–Kier alpha value is -2.06. The molecule has 0 saturated carbocycles. The summed E-state index contributed by atoms with van der Waals surface area (Å²) in [6.07, 6.45) is -8.40. The van der Waals surface area contributed by atoms with Crippen molar-refractivity contribution < 1.29 is 36.2 Å². The van der Waals surface area contributed by atoms with Crippen molar-refractivity contribution in [1.82, 2.24) is 4.98 Å². The van der Waals surface area contributed by atoms with E-state index >= 15 is 0 Å². The van der Waals surface area contributed by atoms with Gasteiger partial charge in [-0.3, -0.25) is 4.79 Å². The molecule has 9 heteroatoms. The molecular weight excluding hydrogens is 280 g/mol. The van der Waals surface area contributed by atoms with Crippen LogP contribution in [-0.4, -0.2) is 22.3 Å². The molecule has 1 N–H and O–H groups in total. The van der Waals surface area contributed by atoms with Crippen LogP contribution in [0.3, 0.4) is 0 Å². The molecule has 0 radical (unpaired) electrons. The number of aliphatic hydroxyl groups excluding tert-OH is 1. The average Bonchev–Trinajstić information content (AvgIpc) is 2.26. The zero-order valence-electron chi connectivity index (χ0n) is 8.88. The second kappa shape index (κ2) is 5.29. The summed E-state index contributed by atoms with van der Waals surface area (Å²) in [6.45, 7) is 0. The third kappa shape index (κ3) is 3.97. The number of aliphatic hydroxyl groups is 1. The molecule has 104 valence electrons. The van der Waals surface area contributed by atoms with Gasteiger partial charge in [0.05, 0.1) is 0 Å². The second-order valence-electron chi connectivity index (χ2n) is 3.29. The van der Waals surface area contributed by atoms with Gasteiger partial charge in [0.15, 0.2) is 0 Å². The van der Waals surface area contributed by atoms with Crippen LogP contribution in [0.5, 0.6) is 0 Å². The standard InChI is InChI=1S/C10H5F6NO2/c11-8-2-4(1-7(17-8)10(14,15)16)5(18)3-6(19)9(12)13/h1-3,9,18H/b5-3-. The minimum atomic E-state index is -4.98. The van der Waals surface area contributed by atoms with Gasteiger partial charge in [0.1, 0.15) is 11.5 Å². The smallest absolute Gasteiger partial charge is 0.433 e. The molecule has 3 nitrogen and oxygen atoms in total. The molecule has 0 amide bonds. The molecule has 1 heterocycles. The number of nitrogens with zero attached hydrogens (tertiary/aromatic N) is 1. The maximum atomic E-state index is 12.8. The van der Waals surface area contributed by atoms with Crippen LogP contribution in [0.15, 0.2) is 18.2 Å². The quantitative estimate of drug-likeness (QED) is 0.402. The van der Waals surface area contributed by atoms with Crippen LogP contribution in [0.25, 0.3) is 5.76 Å². The van der Waals surface area contributed by atoms with E-state index < -0.39 is 41.3 Å². The van der Waals surface area contributed by atoms with E-state index in [4.69, 9.17) is 0 Å². The van der Waals surface area contributed by atoms with Gasteiger partial charge in [-0.05, 0) is 6.07 Å². The SMILES string of the molecule is O=C(/C=C(\O)c1cc(F)nc(C(F)(F)F)c1)C(F)F. The van der Waals surface area contributed by atoms with Gasteiger partial charge in [0, 0.05) is 17.7 Å². The molecule has 0 saturated heterocycles. The van der Waals surface area contributed by atoms with Crippen LogP contribution < -0.4 is 0 Å². The Labute approximate surface area is 102 Å². The van der Waals surface area contributed by atoms with Gasteiger partial charge in [0.2, 0.25) is 11.7 Å². The molecule has 1 aromatic heterocycles. The molecule has 1 rings (SSSR count). The van der Waals surface area contributed by atoms with Gasteiger partial charge < -0.3 is 5.11 Å². The monoisotopic (exact) mass is 285 g/mol. The van der Waals surface area contributed by atoms with Crippen molar-refractivity contribution in [2.75, 3.05) is 0 Å². The maximum absolute atomic E-state index is 12.8. The summed E-state index contributed by atoms with van der Waals surface area (Å²) in [5.41, 5.74) is -2.44. The van der Waals surface area contributed by atoms with Gasteiger partial charge in [-0.2, -0.15) is 17.6 Å². The molecule has 0 bridgehead atoms. The molecule has 0 aliphatic rings. The molecular formula is C10H5F6NO2. The van der Waals surface area contributed by atoms with Crippen molar-refractivity contribution >= 4 is 11.5 Å². The maximum Gasteiger partial charge on any atom is 0.433 e. The molecule has 0 aromatic carbocycles. The van der Waals surface area contributed by atoms with Crippen molar-refractivity contribution in [1.29, 1.82) is 0 Å². The number of ketones is 1. The minimum Gasteiger partial charge on any atom is -0.507 e. The van der Waals surface area contributed by atoms with Crippen molar-refractivity contribution in [2.45, 2.75) is 12.6 Å². The lowest BCUT2D eigenvalue weighted by Gasteiger charge is -2.07. The van der Waals surface area contributed by atoms with Gasteiger partial charge in [-0.15, -0.1) is 0 Å². The molecule has 0 atom stereocenters. The van der Waals surface area contributed by atoms with E-state index in [0.717, 1.165) is 0 Å². The minimum absolute atomic E-state index is 0.0135. The Balaban J connectivity index is 3.21. The lowest BCUT2D eigenvalue weighted by atomic mass is 10.1. The molecule has 0 aliphatic heterocycles. The zero-order valence-corrected chi connectivity index (χ0v) is 8.88. The van der Waals surface area contributed by atoms with Crippen molar-refractivity contribution in [3.63, 3.8) is 0 Å². The number of hydrogen-bond donors (Lipinski definition) is 1. The molecule has 0 unspecified atom stereocenters. The van der Waals surface area contributed by atoms with Crippen LogP contribution >= 0.6 is 0 Å². The predicted molar refractivity (Wildman–Crippen MR) is 50.8 cm³/mol. The van der Waals surface area contributed by atoms with Crippen LogP contribution in [-0.2, 0) is 11.0 Å². The van der Waals surface area contributed by atoms with Crippen molar-refractivity contribution in [3.05, 3.63) is 35.4 Å². The number of rotatable bonds is 3. The van der Waals surface area contributed by atoms with Crippen molar-refractivity contribution in [3.8, 4) is 0 Å². The van der Waals surface area contributed by atoms with E-state index in [0.29, 0.717) is 6.07 Å². The highest BCUT2D eigenvalue weighted by Crippen LogP contribution is 2.29. The fourth-order valence-electron chi connectivity index (χ4n) is 1.07. The van der Waals surface area contributed by atoms with E-state index in [1.54, 1.807) is 0 Å². The largest absolute Gasteiger partial charge is 0.507 e. The fourth-order valence-corrected chi connectivity index (χ4v) is 1.07. The summed E-state index contributed by atoms with van der Waals surface area (Å²) in [4.78, 5) is 13.1. The van der Waals surface area contributed by atoms with E-state index in [1.807, 2.05) is 0 Å². The Morgan fingerprint density at radius 2 is 1.89 bits per heavy atom. The van der Waals surface area contributed by atoms with Crippen LogP contribution in [0, 0.1) is 5.95 Å². The summed E-state index contributed by atoms with van der Waals surface area (Å²) in [5, 5.41) is 9.20. The lowest BCUT2D eigenvalue weighted by molar-refractivity contribution is -0.141. The topological polar surface area (TPSA) is 50.2 Å². The number of pyridine rings is 1. The molecule has 0 fully saturated rings. The first-order valence-electron chi connectivity index (χ1n) is 4.59. The number of halogens is 6. The van der Waals surface area contributed by atoms with E-state index in [2.05, 4.69) is 4.98 Å². The third-order valence-electron chi connectivity index (χ3n) is 1.87. The average molecular weight is 285 g/mol. The first kappa shape index (κ1) is 15.0.